The van der Waals surface area contributed by atoms with Gasteiger partial charge in [-0.2, -0.15) is 0 Å². The summed E-state index contributed by atoms with van der Waals surface area (Å²) in [6, 6.07) is 17.3. The molecule has 1 aromatic heterocycles. The van der Waals surface area contributed by atoms with Crippen LogP contribution in [0.5, 0.6) is 0 Å². The van der Waals surface area contributed by atoms with Crippen molar-refractivity contribution in [2.45, 2.75) is 30.2 Å². The monoisotopic (exact) mass is 453 g/mol. The van der Waals surface area contributed by atoms with Gasteiger partial charge in [0.1, 0.15) is 5.82 Å². The number of rotatable bonds is 7. The Kier molecular flexibility index (Phi) is 5.67. The largest absolute Gasteiger partial charge is 0.356 e. The molecule has 166 valence electrons. The molecule has 1 N–H and O–H groups in total. The molecule has 1 fully saturated rings. The predicted molar refractivity (Wildman–Crippen MR) is 121 cm³/mol. The Morgan fingerprint density at radius 2 is 1.94 bits per heavy atom. The van der Waals surface area contributed by atoms with Gasteiger partial charge in [0.2, 0.25) is 10.0 Å². The van der Waals surface area contributed by atoms with E-state index in [0.29, 0.717) is 17.0 Å². The first kappa shape index (κ1) is 21.1. The lowest BCUT2D eigenvalue weighted by Gasteiger charge is -2.16. The van der Waals surface area contributed by atoms with Crippen LogP contribution in [0.2, 0.25) is 0 Å². The van der Waals surface area contributed by atoms with Crippen molar-refractivity contribution in [3.05, 3.63) is 72.2 Å². The van der Waals surface area contributed by atoms with Gasteiger partial charge in [0, 0.05) is 24.0 Å². The molecule has 2 heterocycles. The van der Waals surface area contributed by atoms with Crippen LogP contribution in [0.3, 0.4) is 0 Å². The summed E-state index contributed by atoms with van der Waals surface area (Å²) >= 11 is 0. The molecule has 0 saturated carbocycles. The molecular formula is C24H24FN3O3S. The van der Waals surface area contributed by atoms with E-state index in [9.17, 15) is 12.8 Å². The van der Waals surface area contributed by atoms with Crippen molar-refractivity contribution in [1.29, 1.82) is 0 Å². The van der Waals surface area contributed by atoms with Crippen LogP contribution in [0.15, 0.2) is 70.1 Å². The van der Waals surface area contributed by atoms with E-state index in [1.807, 2.05) is 30.3 Å². The maximum absolute atomic E-state index is 13.3. The summed E-state index contributed by atoms with van der Waals surface area (Å²) in [5.74, 6) is -0.338. The molecule has 0 amide bonds. The second kappa shape index (κ2) is 8.61. The molecular weight excluding hydrogens is 429 g/mol. The van der Waals surface area contributed by atoms with Gasteiger partial charge in [-0.3, -0.25) is 0 Å². The lowest BCUT2D eigenvalue weighted by atomic mass is 10.1. The van der Waals surface area contributed by atoms with Crippen molar-refractivity contribution in [2.24, 2.45) is 0 Å². The molecule has 5 rings (SSSR count). The summed E-state index contributed by atoms with van der Waals surface area (Å²) in [4.78, 5) is 2.55. The average Bonchev–Trinajstić information content (AvgIpc) is 3.39. The smallest absolute Gasteiger partial charge is 0.240 e. The highest BCUT2D eigenvalue weighted by Crippen LogP contribution is 2.22. The fourth-order valence-electron chi connectivity index (χ4n) is 4.37. The number of nitrogens with one attached hydrogen (secondary N) is 1. The van der Waals surface area contributed by atoms with Gasteiger partial charge in [0.15, 0.2) is 5.58 Å². The summed E-state index contributed by atoms with van der Waals surface area (Å²) < 4.78 is 47.1. The fraction of sp³-hybridized carbons (Fsp3) is 0.292. The van der Waals surface area contributed by atoms with Crippen LogP contribution in [0.4, 0.5) is 4.39 Å². The molecule has 32 heavy (non-hydrogen) atoms. The summed E-state index contributed by atoms with van der Waals surface area (Å²) in [7, 11) is -3.57. The van der Waals surface area contributed by atoms with Crippen LogP contribution in [0.25, 0.3) is 21.7 Å². The number of nitrogens with zero attached hydrogens (tertiary/aromatic N) is 2. The van der Waals surface area contributed by atoms with E-state index in [2.05, 4.69) is 14.8 Å². The lowest BCUT2D eigenvalue weighted by molar-refractivity contribution is 0.326. The summed E-state index contributed by atoms with van der Waals surface area (Å²) in [5.41, 5.74) is 1.29. The van der Waals surface area contributed by atoms with Crippen molar-refractivity contribution in [3.8, 4) is 0 Å². The average molecular weight is 454 g/mol. The second-order valence-electron chi connectivity index (χ2n) is 8.29. The van der Waals surface area contributed by atoms with Crippen molar-refractivity contribution < 1.29 is 17.3 Å². The van der Waals surface area contributed by atoms with E-state index >= 15 is 0 Å². The van der Waals surface area contributed by atoms with Gasteiger partial charge in [0.25, 0.3) is 0 Å². The van der Waals surface area contributed by atoms with E-state index in [4.69, 9.17) is 4.52 Å². The van der Waals surface area contributed by atoms with E-state index in [-0.39, 0.29) is 11.9 Å². The molecule has 6 nitrogen and oxygen atoms in total. The molecule has 0 aliphatic carbocycles. The topological polar surface area (TPSA) is 75.4 Å². The van der Waals surface area contributed by atoms with Crippen molar-refractivity contribution in [2.75, 3.05) is 19.6 Å². The Hall–Kier alpha value is -2.81. The molecule has 1 aliphatic heterocycles. The number of halogens is 1. The van der Waals surface area contributed by atoms with E-state index in [0.717, 1.165) is 54.2 Å². The van der Waals surface area contributed by atoms with Crippen LogP contribution in [-0.4, -0.2) is 44.2 Å². The Balaban J connectivity index is 1.16. The predicted octanol–water partition coefficient (Wildman–Crippen LogP) is 4.11. The molecule has 4 aromatic rings. The molecule has 3 aromatic carbocycles. The molecule has 0 spiro atoms. The molecule has 0 bridgehead atoms. The zero-order valence-corrected chi connectivity index (χ0v) is 18.3. The van der Waals surface area contributed by atoms with Crippen LogP contribution < -0.4 is 4.72 Å². The number of hydrogen-bond donors (Lipinski definition) is 1. The summed E-state index contributed by atoms with van der Waals surface area (Å²) in [5, 5.41) is 6.83. The summed E-state index contributed by atoms with van der Waals surface area (Å²) in [6.07, 6.45) is 2.37. The molecule has 1 atom stereocenters. The highest BCUT2D eigenvalue weighted by Gasteiger charge is 2.27. The standard InChI is InChI=1S/C24H24FN3O3S/c25-19-8-10-22-23(26-31-24(22)15-19)6-3-12-28-13-11-20(16-28)27-32(29,30)21-9-7-17-4-1-2-5-18(17)14-21/h1-2,4-5,7-10,14-15,20,27H,3,6,11-13,16H2/t20-/m0/s1. The SMILES string of the molecule is O=S(=O)(N[C@H]1CCN(CCCc2noc3cc(F)ccc23)C1)c1ccc2ccccc2c1. The number of sulfonamides is 1. The molecule has 1 saturated heterocycles. The number of benzene rings is 3. The van der Waals surface area contributed by atoms with Gasteiger partial charge in [-0.15, -0.1) is 0 Å². The van der Waals surface area contributed by atoms with E-state index in [1.165, 1.54) is 12.1 Å². The van der Waals surface area contributed by atoms with Crippen LogP contribution in [-0.2, 0) is 16.4 Å². The maximum Gasteiger partial charge on any atom is 0.240 e. The van der Waals surface area contributed by atoms with E-state index in [1.54, 1.807) is 18.2 Å². The van der Waals surface area contributed by atoms with Crippen LogP contribution in [0, 0.1) is 5.82 Å². The number of fused-ring (bicyclic) bond motifs is 2. The summed E-state index contributed by atoms with van der Waals surface area (Å²) in [6.45, 7) is 2.36. The molecule has 0 radical (unpaired) electrons. The molecule has 1 aliphatic rings. The number of aryl methyl sites for hydroxylation is 1. The first-order valence-electron chi connectivity index (χ1n) is 10.8. The second-order valence-corrected chi connectivity index (χ2v) is 10.0. The lowest BCUT2D eigenvalue weighted by Crippen LogP contribution is -2.37. The zero-order chi connectivity index (χ0) is 22.1. The Labute approximate surface area is 186 Å². The third-order valence-electron chi connectivity index (χ3n) is 6.02. The van der Waals surface area contributed by atoms with Gasteiger partial charge in [-0.25, -0.2) is 17.5 Å². The first-order chi connectivity index (χ1) is 15.5. The van der Waals surface area contributed by atoms with Crippen molar-refractivity contribution in [1.82, 2.24) is 14.8 Å². The van der Waals surface area contributed by atoms with Gasteiger partial charge < -0.3 is 9.42 Å². The third kappa shape index (κ3) is 4.39. The van der Waals surface area contributed by atoms with Gasteiger partial charge in [-0.05, 0) is 67.4 Å². The number of likely N-dealkylation sites (tertiary alicyclic amines) is 1. The van der Waals surface area contributed by atoms with Gasteiger partial charge in [-0.1, -0.05) is 35.5 Å². The van der Waals surface area contributed by atoms with E-state index < -0.39 is 10.0 Å². The van der Waals surface area contributed by atoms with Crippen LogP contribution in [0.1, 0.15) is 18.5 Å². The Morgan fingerprint density at radius 1 is 1.09 bits per heavy atom. The highest BCUT2D eigenvalue weighted by molar-refractivity contribution is 7.89. The quantitative estimate of drug-likeness (QED) is 0.456. The zero-order valence-electron chi connectivity index (χ0n) is 17.5. The minimum Gasteiger partial charge on any atom is -0.356 e. The minimum absolute atomic E-state index is 0.109. The Morgan fingerprint density at radius 3 is 2.81 bits per heavy atom. The molecule has 8 heteroatoms. The third-order valence-corrected chi connectivity index (χ3v) is 7.54. The van der Waals surface area contributed by atoms with Gasteiger partial charge >= 0.3 is 0 Å². The van der Waals surface area contributed by atoms with Crippen LogP contribution >= 0.6 is 0 Å². The Bertz CT molecular complexity index is 1370. The fourth-order valence-corrected chi connectivity index (χ4v) is 5.66. The molecule has 0 unspecified atom stereocenters. The number of hydrogen-bond acceptors (Lipinski definition) is 5. The highest BCUT2D eigenvalue weighted by atomic mass is 32.2. The number of aromatic nitrogens is 1. The van der Waals surface area contributed by atoms with Gasteiger partial charge in [0.05, 0.1) is 10.6 Å². The minimum atomic E-state index is -3.57. The van der Waals surface area contributed by atoms with Crippen molar-refractivity contribution in [3.63, 3.8) is 0 Å². The first-order valence-corrected chi connectivity index (χ1v) is 12.2. The maximum atomic E-state index is 13.3. The van der Waals surface area contributed by atoms with Crippen molar-refractivity contribution >= 4 is 31.8 Å². The normalized spacial score (nSPS) is 17.5.